The lowest BCUT2D eigenvalue weighted by atomic mass is 9.85. The number of hydrogen-bond donors (Lipinski definition) is 1. The van der Waals surface area contributed by atoms with Crippen LogP contribution in [0.25, 0.3) is 11.2 Å². The smallest absolute Gasteiger partial charge is 0.165 e. The van der Waals surface area contributed by atoms with Gasteiger partial charge < -0.3 is 15.0 Å². The molecule has 1 unspecified atom stereocenters. The summed E-state index contributed by atoms with van der Waals surface area (Å²) >= 11 is 0. The molecule has 0 saturated carbocycles. The Morgan fingerprint density at radius 1 is 1.42 bits per heavy atom. The van der Waals surface area contributed by atoms with Crippen LogP contribution in [0.3, 0.4) is 0 Å². The SMILES string of the molecule is CC1(C)CCC(Cn2cnc3c(N)ncnc32)OC1. The third kappa shape index (κ3) is 2.40. The third-order valence-electron chi connectivity index (χ3n) is 3.68. The Balaban J connectivity index is 1.78. The van der Waals surface area contributed by atoms with E-state index >= 15 is 0 Å². The molecule has 6 heteroatoms. The fourth-order valence-corrected chi connectivity index (χ4v) is 2.45. The number of aromatic nitrogens is 4. The van der Waals surface area contributed by atoms with E-state index in [1.165, 1.54) is 12.7 Å². The van der Waals surface area contributed by atoms with E-state index in [0.29, 0.717) is 16.7 Å². The van der Waals surface area contributed by atoms with E-state index in [0.717, 1.165) is 25.2 Å². The summed E-state index contributed by atoms with van der Waals surface area (Å²) in [7, 11) is 0. The second kappa shape index (κ2) is 4.45. The first-order chi connectivity index (χ1) is 9.05. The average molecular weight is 261 g/mol. The lowest BCUT2D eigenvalue weighted by molar-refractivity contribution is -0.0544. The molecule has 0 aliphatic carbocycles. The second-order valence-electron chi connectivity index (χ2n) is 5.96. The molecule has 2 aromatic heterocycles. The van der Waals surface area contributed by atoms with Crippen LogP contribution in [0.1, 0.15) is 26.7 Å². The van der Waals surface area contributed by atoms with Gasteiger partial charge in [0, 0.05) is 0 Å². The van der Waals surface area contributed by atoms with Gasteiger partial charge in [-0.1, -0.05) is 13.8 Å². The number of nitrogen functional groups attached to an aromatic ring is 1. The topological polar surface area (TPSA) is 78.9 Å². The zero-order chi connectivity index (χ0) is 13.5. The van der Waals surface area contributed by atoms with Gasteiger partial charge in [-0.2, -0.15) is 0 Å². The van der Waals surface area contributed by atoms with Crippen molar-refractivity contribution in [3.8, 4) is 0 Å². The van der Waals surface area contributed by atoms with Gasteiger partial charge in [-0.3, -0.25) is 0 Å². The summed E-state index contributed by atoms with van der Waals surface area (Å²) in [5, 5.41) is 0. The Bertz CT molecular complexity index is 582. The largest absolute Gasteiger partial charge is 0.382 e. The molecule has 3 rings (SSSR count). The van der Waals surface area contributed by atoms with Crippen molar-refractivity contribution in [2.24, 2.45) is 5.41 Å². The number of ether oxygens (including phenoxy) is 1. The molecule has 6 nitrogen and oxygen atoms in total. The molecule has 1 aliphatic heterocycles. The van der Waals surface area contributed by atoms with Crippen molar-refractivity contribution in [3.05, 3.63) is 12.7 Å². The first-order valence-electron chi connectivity index (χ1n) is 6.58. The van der Waals surface area contributed by atoms with Crippen LogP contribution in [0.15, 0.2) is 12.7 Å². The van der Waals surface area contributed by atoms with Gasteiger partial charge in [0.1, 0.15) is 11.8 Å². The number of fused-ring (bicyclic) bond motifs is 1. The Labute approximate surface area is 112 Å². The lowest BCUT2D eigenvalue weighted by Crippen LogP contribution is -2.33. The maximum absolute atomic E-state index is 5.92. The average Bonchev–Trinajstić information content (AvgIpc) is 2.77. The Morgan fingerprint density at radius 2 is 2.26 bits per heavy atom. The highest BCUT2D eigenvalue weighted by Crippen LogP contribution is 2.30. The van der Waals surface area contributed by atoms with Gasteiger partial charge in [0.15, 0.2) is 11.5 Å². The summed E-state index contributed by atoms with van der Waals surface area (Å²) in [5.41, 5.74) is 7.52. The van der Waals surface area contributed by atoms with Crippen LogP contribution in [0.4, 0.5) is 5.82 Å². The molecule has 3 heterocycles. The van der Waals surface area contributed by atoms with E-state index < -0.39 is 0 Å². The van der Waals surface area contributed by atoms with E-state index in [-0.39, 0.29) is 6.10 Å². The molecule has 1 atom stereocenters. The number of rotatable bonds is 2. The van der Waals surface area contributed by atoms with Crippen LogP contribution in [0.5, 0.6) is 0 Å². The van der Waals surface area contributed by atoms with Gasteiger partial charge >= 0.3 is 0 Å². The minimum absolute atomic E-state index is 0.224. The van der Waals surface area contributed by atoms with Crippen LogP contribution in [0, 0.1) is 5.41 Å². The summed E-state index contributed by atoms with van der Waals surface area (Å²) < 4.78 is 7.92. The lowest BCUT2D eigenvalue weighted by Gasteiger charge is -2.34. The zero-order valence-electron chi connectivity index (χ0n) is 11.3. The molecule has 102 valence electrons. The van der Waals surface area contributed by atoms with Crippen LogP contribution in [-0.4, -0.2) is 32.2 Å². The van der Waals surface area contributed by atoms with E-state index in [1.54, 1.807) is 6.33 Å². The molecule has 2 aromatic rings. The van der Waals surface area contributed by atoms with Crippen LogP contribution in [0.2, 0.25) is 0 Å². The third-order valence-corrected chi connectivity index (χ3v) is 3.68. The predicted octanol–water partition coefficient (Wildman–Crippen LogP) is 1.61. The molecule has 0 aromatic carbocycles. The molecular formula is C13H19N5O. The number of nitrogens with zero attached hydrogens (tertiary/aromatic N) is 4. The quantitative estimate of drug-likeness (QED) is 0.888. The summed E-state index contributed by atoms with van der Waals surface area (Å²) in [6.07, 6.45) is 5.70. The number of imidazole rings is 1. The molecular weight excluding hydrogens is 242 g/mol. The maximum Gasteiger partial charge on any atom is 0.165 e. The summed E-state index contributed by atoms with van der Waals surface area (Å²) in [6, 6.07) is 0. The van der Waals surface area contributed by atoms with Crippen LogP contribution >= 0.6 is 0 Å². The van der Waals surface area contributed by atoms with E-state index in [2.05, 4.69) is 28.8 Å². The molecule has 2 N–H and O–H groups in total. The van der Waals surface area contributed by atoms with Crippen LogP contribution in [-0.2, 0) is 11.3 Å². The van der Waals surface area contributed by atoms with Gasteiger partial charge in [0.25, 0.3) is 0 Å². The molecule has 19 heavy (non-hydrogen) atoms. The molecule has 0 amide bonds. The van der Waals surface area contributed by atoms with Crippen molar-refractivity contribution in [3.63, 3.8) is 0 Å². The summed E-state index contributed by atoms with van der Waals surface area (Å²) in [5.74, 6) is 0.425. The fourth-order valence-electron chi connectivity index (χ4n) is 2.45. The van der Waals surface area contributed by atoms with Gasteiger partial charge in [0.2, 0.25) is 0 Å². The number of hydrogen-bond acceptors (Lipinski definition) is 5. The second-order valence-corrected chi connectivity index (χ2v) is 5.96. The van der Waals surface area contributed by atoms with E-state index in [1.807, 2.05) is 4.57 Å². The maximum atomic E-state index is 5.92. The predicted molar refractivity (Wildman–Crippen MR) is 72.5 cm³/mol. The highest BCUT2D eigenvalue weighted by Gasteiger charge is 2.28. The first-order valence-corrected chi connectivity index (χ1v) is 6.58. The van der Waals surface area contributed by atoms with Crippen molar-refractivity contribution in [2.45, 2.75) is 39.3 Å². The van der Waals surface area contributed by atoms with Crippen molar-refractivity contribution in [2.75, 3.05) is 12.3 Å². The molecule has 1 fully saturated rings. The normalized spacial score (nSPS) is 22.7. The standard InChI is InChI=1S/C13H19N5O/c1-13(2)4-3-9(19-6-13)5-18-8-17-10-11(14)15-7-16-12(10)18/h7-9H,3-6H2,1-2H3,(H2,14,15,16). The molecule has 0 bridgehead atoms. The first kappa shape index (κ1) is 12.3. The van der Waals surface area contributed by atoms with Crippen molar-refractivity contribution in [1.82, 2.24) is 19.5 Å². The summed E-state index contributed by atoms with van der Waals surface area (Å²) in [6.45, 7) is 6.05. The fraction of sp³-hybridized carbons (Fsp3) is 0.615. The highest BCUT2D eigenvalue weighted by molar-refractivity contribution is 5.81. The van der Waals surface area contributed by atoms with Gasteiger partial charge in [-0.05, 0) is 18.3 Å². The Kier molecular flexibility index (Phi) is 2.89. The Morgan fingerprint density at radius 3 is 3.00 bits per heavy atom. The number of anilines is 1. The van der Waals surface area contributed by atoms with Crippen LogP contribution < -0.4 is 5.73 Å². The van der Waals surface area contributed by atoms with Crippen molar-refractivity contribution < 1.29 is 4.74 Å². The highest BCUT2D eigenvalue weighted by atomic mass is 16.5. The molecule has 1 saturated heterocycles. The molecule has 1 aliphatic rings. The van der Waals surface area contributed by atoms with Crippen molar-refractivity contribution in [1.29, 1.82) is 0 Å². The Hall–Kier alpha value is -1.69. The molecule has 0 spiro atoms. The molecule has 0 radical (unpaired) electrons. The minimum atomic E-state index is 0.224. The monoisotopic (exact) mass is 261 g/mol. The van der Waals surface area contributed by atoms with Gasteiger partial charge in [-0.25, -0.2) is 15.0 Å². The zero-order valence-corrected chi connectivity index (χ0v) is 11.3. The van der Waals surface area contributed by atoms with Gasteiger partial charge in [0.05, 0.1) is 25.6 Å². The van der Waals surface area contributed by atoms with Crippen molar-refractivity contribution >= 4 is 17.0 Å². The summed E-state index contributed by atoms with van der Waals surface area (Å²) in [4.78, 5) is 12.5. The van der Waals surface area contributed by atoms with E-state index in [9.17, 15) is 0 Å². The minimum Gasteiger partial charge on any atom is -0.382 e. The van der Waals surface area contributed by atoms with Gasteiger partial charge in [-0.15, -0.1) is 0 Å². The van der Waals surface area contributed by atoms with E-state index in [4.69, 9.17) is 10.5 Å². The number of nitrogens with two attached hydrogens (primary N) is 1.